The minimum Gasteiger partial charge on any atom is -0.481 e. The standard InChI is InChI=1S/3C2H4O2.3H2O.Sm/c3*1-2(3)4;;;;/h3*1H3,(H,3,4);3*1H2;. The molecule has 0 saturated carbocycles. The molecule has 102 valence electrons. The SMILES string of the molecule is CC(=O)O.CC(=O)O.CC(=O)O.O.O.O.[Sm]. The Morgan fingerprint density at radius 2 is 0.625 bits per heavy atom. The van der Waals surface area contributed by atoms with Gasteiger partial charge in [0.25, 0.3) is 17.9 Å². The quantitative estimate of drug-likeness (QED) is 0.421. The first kappa shape index (κ1) is 44.9. The van der Waals surface area contributed by atoms with Gasteiger partial charge >= 0.3 is 0 Å². The van der Waals surface area contributed by atoms with Gasteiger partial charge in [-0.2, -0.15) is 0 Å². The molecule has 0 bridgehead atoms. The van der Waals surface area contributed by atoms with E-state index in [1.807, 2.05) is 0 Å². The third-order valence-electron chi connectivity index (χ3n) is 0. The summed E-state index contributed by atoms with van der Waals surface area (Å²) in [6.07, 6.45) is 0. The Morgan fingerprint density at radius 3 is 0.625 bits per heavy atom. The van der Waals surface area contributed by atoms with Crippen molar-refractivity contribution in [3.05, 3.63) is 0 Å². The fourth-order valence-electron chi connectivity index (χ4n) is 0. The van der Waals surface area contributed by atoms with E-state index in [1.54, 1.807) is 0 Å². The van der Waals surface area contributed by atoms with Crippen LogP contribution in [0.1, 0.15) is 20.8 Å². The van der Waals surface area contributed by atoms with E-state index in [9.17, 15) is 0 Å². The molecule has 0 aliphatic carbocycles. The Hall–Kier alpha value is -0.372. The van der Waals surface area contributed by atoms with Crippen molar-refractivity contribution in [2.75, 3.05) is 0 Å². The van der Waals surface area contributed by atoms with Gasteiger partial charge < -0.3 is 31.7 Å². The van der Waals surface area contributed by atoms with Crippen molar-refractivity contribution in [2.24, 2.45) is 0 Å². The van der Waals surface area contributed by atoms with Crippen LogP contribution in [0.4, 0.5) is 0 Å². The Labute approximate surface area is 124 Å². The van der Waals surface area contributed by atoms with Crippen LogP contribution >= 0.6 is 0 Å². The first-order valence-electron chi connectivity index (χ1n) is 2.78. The van der Waals surface area contributed by atoms with Gasteiger partial charge in [-0.25, -0.2) is 0 Å². The molecule has 0 aliphatic rings. The average Bonchev–Trinajstić information content (AvgIpc) is 1.54. The Balaban J connectivity index is -0.0000000135. The third kappa shape index (κ3) is 15700. The molecule has 10 heteroatoms. The Morgan fingerprint density at radius 1 is 0.625 bits per heavy atom. The summed E-state index contributed by atoms with van der Waals surface area (Å²) in [6.45, 7) is 3.25. The normalized spacial score (nSPS) is 4.69. The monoisotopic (exact) mass is 386 g/mol. The fourth-order valence-corrected chi connectivity index (χ4v) is 0. The molecule has 0 spiro atoms. The summed E-state index contributed by atoms with van der Waals surface area (Å²) in [5.74, 6) is -2.50. The molecule has 0 atom stereocenters. The van der Waals surface area contributed by atoms with Crippen molar-refractivity contribution >= 4 is 17.9 Å². The van der Waals surface area contributed by atoms with Gasteiger partial charge in [-0.1, -0.05) is 0 Å². The van der Waals surface area contributed by atoms with Gasteiger partial charge in [0.05, 0.1) is 0 Å². The number of carbonyl (C=O) groups is 3. The minimum atomic E-state index is -0.833. The van der Waals surface area contributed by atoms with Crippen LogP contribution in [-0.4, -0.2) is 49.7 Å². The zero-order valence-corrected chi connectivity index (χ0v) is 11.6. The van der Waals surface area contributed by atoms with Crippen LogP contribution in [-0.2, 0) is 14.4 Å². The summed E-state index contributed by atoms with van der Waals surface area (Å²) in [7, 11) is 0. The maximum absolute atomic E-state index is 9.00. The van der Waals surface area contributed by atoms with Crippen molar-refractivity contribution in [2.45, 2.75) is 20.8 Å². The van der Waals surface area contributed by atoms with Crippen LogP contribution in [0.15, 0.2) is 0 Å². The smallest absolute Gasteiger partial charge is 0.300 e. The Bertz CT molecular complexity index is 118. The van der Waals surface area contributed by atoms with Crippen LogP contribution in [0.3, 0.4) is 0 Å². The zero-order valence-electron chi connectivity index (χ0n) is 8.97. The minimum absolute atomic E-state index is 0. The van der Waals surface area contributed by atoms with E-state index in [0.717, 1.165) is 20.8 Å². The molecule has 0 saturated heterocycles. The van der Waals surface area contributed by atoms with Crippen molar-refractivity contribution in [3.63, 3.8) is 0 Å². The van der Waals surface area contributed by atoms with E-state index in [-0.39, 0.29) is 56.8 Å². The van der Waals surface area contributed by atoms with Gasteiger partial charge in [0.2, 0.25) is 0 Å². The van der Waals surface area contributed by atoms with E-state index in [1.165, 1.54) is 0 Å². The molecule has 0 heterocycles. The molecule has 0 amide bonds. The maximum atomic E-state index is 9.00. The van der Waals surface area contributed by atoms with E-state index >= 15 is 0 Å². The predicted octanol–water partition coefficient (Wildman–Crippen LogP) is -2.20. The molecule has 0 fully saturated rings. The van der Waals surface area contributed by atoms with Gasteiger partial charge in [-0.3, -0.25) is 14.4 Å². The van der Waals surface area contributed by atoms with Gasteiger partial charge in [-0.05, 0) is 0 Å². The number of hydrogen-bond acceptors (Lipinski definition) is 3. The second-order valence-electron chi connectivity index (χ2n) is 1.56. The van der Waals surface area contributed by atoms with Crippen molar-refractivity contribution in [3.8, 4) is 0 Å². The molecule has 9 N–H and O–H groups in total. The molecule has 0 aliphatic heterocycles. The van der Waals surface area contributed by atoms with Crippen molar-refractivity contribution in [1.29, 1.82) is 0 Å². The Kier molecular flexibility index (Phi) is 102. The second kappa shape index (κ2) is 36.5. The molecular formula is C6H18O9Sm. The number of aliphatic carboxylic acids is 3. The summed E-state index contributed by atoms with van der Waals surface area (Å²) < 4.78 is 0. The summed E-state index contributed by atoms with van der Waals surface area (Å²) in [5, 5.41) is 22.2. The first-order valence-corrected chi connectivity index (χ1v) is 2.78. The zero-order chi connectivity index (χ0) is 10.7. The van der Waals surface area contributed by atoms with Crippen LogP contribution < -0.4 is 0 Å². The van der Waals surface area contributed by atoms with E-state index in [2.05, 4.69) is 0 Å². The topological polar surface area (TPSA) is 206 Å². The third-order valence-corrected chi connectivity index (χ3v) is 0. The van der Waals surface area contributed by atoms with Crippen LogP contribution in [0, 0.1) is 40.4 Å². The van der Waals surface area contributed by atoms with Gasteiger partial charge in [0.1, 0.15) is 0 Å². The van der Waals surface area contributed by atoms with E-state index in [4.69, 9.17) is 29.7 Å². The molecule has 0 aromatic heterocycles. The van der Waals surface area contributed by atoms with E-state index in [0.29, 0.717) is 0 Å². The maximum Gasteiger partial charge on any atom is 0.300 e. The fraction of sp³-hybridized carbons (Fsp3) is 0.500. The number of hydrogen-bond donors (Lipinski definition) is 3. The van der Waals surface area contributed by atoms with Crippen LogP contribution in [0.25, 0.3) is 0 Å². The van der Waals surface area contributed by atoms with Crippen molar-refractivity contribution in [1.82, 2.24) is 0 Å². The van der Waals surface area contributed by atoms with Gasteiger partial charge in [0, 0.05) is 61.2 Å². The molecule has 9 nitrogen and oxygen atoms in total. The molecular weight excluding hydrogens is 366 g/mol. The molecule has 0 aromatic carbocycles. The van der Waals surface area contributed by atoms with Gasteiger partial charge in [-0.15, -0.1) is 0 Å². The van der Waals surface area contributed by atoms with Crippen LogP contribution in [0.2, 0.25) is 0 Å². The average molecular weight is 385 g/mol. The first-order chi connectivity index (χ1) is 5.20. The van der Waals surface area contributed by atoms with Gasteiger partial charge in [0.15, 0.2) is 0 Å². The molecule has 16 heavy (non-hydrogen) atoms. The molecule has 0 unspecified atom stereocenters. The summed E-state index contributed by atoms with van der Waals surface area (Å²) in [5.41, 5.74) is 0. The number of carboxylic acid groups (broad SMARTS) is 3. The molecule has 0 radical (unpaired) electrons. The molecule has 0 aromatic rings. The summed E-state index contributed by atoms with van der Waals surface area (Å²) in [4.78, 5) is 27.0. The van der Waals surface area contributed by atoms with Crippen LogP contribution in [0.5, 0.6) is 0 Å². The summed E-state index contributed by atoms with van der Waals surface area (Å²) in [6, 6.07) is 0. The largest absolute Gasteiger partial charge is 0.481 e. The number of carboxylic acids is 3. The second-order valence-corrected chi connectivity index (χ2v) is 1.56. The van der Waals surface area contributed by atoms with E-state index < -0.39 is 17.9 Å². The predicted molar refractivity (Wildman–Crippen MR) is 50.8 cm³/mol. The summed E-state index contributed by atoms with van der Waals surface area (Å²) >= 11 is 0. The number of rotatable bonds is 0. The molecule has 0 rings (SSSR count). The van der Waals surface area contributed by atoms with Crippen molar-refractivity contribution < 1.29 is 86.5 Å².